The molecule has 2 aliphatic rings. The highest BCUT2D eigenvalue weighted by molar-refractivity contribution is 5.85. The van der Waals surface area contributed by atoms with E-state index in [0.29, 0.717) is 49.4 Å². The van der Waals surface area contributed by atoms with Gasteiger partial charge in [0, 0.05) is 49.2 Å². The second-order valence-corrected chi connectivity index (χ2v) is 7.72. The average Bonchev–Trinajstić information content (AvgIpc) is 3.50. The lowest BCUT2D eigenvalue weighted by molar-refractivity contribution is -0.132. The van der Waals surface area contributed by atoms with Crippen molar-refractivity contribution in [2.24, 2.45) is 5.92 Å². The Morgan fingerprint density at radius 1 is 1.14 bits per heavy atom. The van der Waals surface area contributed by atoms with Gasteiger partial charge in [0.2, 0.25) is 5.91 Å². The zero-order chi connectivity index (χ0) is 20.0. The lowest BCUT2D eigenvalue weighted by atomic mass is 10.0. The largest absolute Gasteiger partial charge is 0.366 e. The molecular weight excluding hydrogens is 371 g/mol. The van der Waals surface area contributed by atoms with E-state index in [0.717, 1.165) is 23.9 Å². The van der Waals surface area contributed by atoms with E-state index >= 15 is 0 Å². The van der Waals surface area contributed by atoms with Gasteiger partial charge in [-0.2, -0.15) is 0 Å². The molecule has 0 bridgehead atoms. The van der Waals surface area contributed by atoms with E-state index in [1.54, 1.807) is 6.07 Å². The Kier molecular flexibility index (Phi) is 4.30. The molecule has 1 aromatic carbocycles. The predicted molar refractivity (Wildman–Crippen MR) is 108 cm³/mol. The number of pyridine rings is 1. The van der Waals surface area contributed by atoms with Gasteiger partial charge in [-0.15, -0.1) is 0 Å². The van der Waals surface area contributed by atoms with Crippen molar-refractivity contribution >= 4 is 28.9 Å². The number of carbonyl (C=O) groups is 2. The number of hydrogen-bond donors (Lipinski definition) is 1. The SMILES string of the molecule is O=Cc1cc(-c2ccc3cc[nH]c3n2)cc(N2CCN(C(=O)C3CC3)CC2)c1F. The molecule has 3 heterocycles. The molecule has 0 unspecified atom stereocenters. The van der Waals surface area contributed by atoms with E-state index in [2.05, 4.69) is 9.97 Å². The van der Waals surface area contributed by atoms with Crippen molar-refractivity contribution in [1.82, 2.24) is 14.9 Å². The standard InChI is InChI=1S/C22H21FN4O2/c23-20-17(13-28)11-16(18-4-3-14-5-6-24-21(14)25-18)12-19(20)26-7-9-27(10-8-26)22(29)15-1-2-15/h3-6,11-13,15H,1-2,7-10H2,(H,24,25). The molecule has 5 rings (SSSR count). The van der Waals surface area contributed by atoms with Gasteiger partial charge in [-0.05, 0) is 43.2 Å². The van der Waals surface area contributed by atoms with E-state index in [4.69, 9.17) is 0 Å². The highest BCUT2D eigenvalue weighted by atomic mass is 19.1. The number of carbonyl (C=O) groups excluding carboxylic acids is 2. The van der Waals surface area contributed by atoms with Crippen molar-refractivity contribution in [3.63, 3.8) is 0 Å². The minimum atomic E-state index is -0.522. The maximum atomic E-state index is 15.0. The Morgan fingerprint density at radius 3 is 2.66 bits per heavy atom. The number of fused-ring (bicyclic) bond motifs is 1. The van der Waals surface area contributed by atoms with E-state index in [1.165, 1.54) is 6.07 Å². The van der Waals surface area contributed by atoms with Gasteiger partial charge in [-0.3, -0.25) is 9.59 Å². The fraction of sp³-hybridized carbons (Fsp3) is 0.318. The van der Waals surface area contributed by atoms with Crippen molar-refractivity contribution in [2.45, 2.75) is 12.8 Å². The maximum absolute atomic E-state index is 15.0. The molecule has 7 heteroatoms. The van der Waals surface area contributed by atoms with Crippen LogP contribution in [0.1, 0.15) is 23.2 Å². The van der Waals surface area contributed by atoms with Crippen molar-refractivity contribution in [2.75, 3.05) is 31.1 Å². The number of amides is 1. The third kappa shape index (κ3) is 3.26. The number of hydrogen-bond acceptors (Lipinski definition) is 4. The number of nitrogens with one attached hydrogen (secondary N) is 1. The normalized spacial score (nSPS) is 17.0. The molecule has 0 spiro atoms. The number of piperazine rings is 1. The second kappa shape index (κ2) is 6.99. The fourth-order valence-electron chi connectivity index (χ4n) is 3.94. The van der Waals surface area contributed by atoms with Gasteiger partial charge in [0.15, 0.2) is 12.1 Å². The zero-order valence-corrected chi connectivity index (χ0v) is 15.9. The van der Waals surface area contributed by atoms with Crippen LogP contribution in [0.25, 0.3) is 22.3 Å². The molecule has 2 aromatic heterocycles. The molecule has 3 aromatic rings. The first-order valence-corrected chi connectivity index (χ1v) is 9.91. The van der Waals surface area contributed by atoms with Crippen LogP contribution in [-0.2, 0) is 4.79 Å². The Hall–Kier alpha value is -3.22. The lowest BCUT2D eigenvalue weighted by Gasteiger charge is -2.36. The van der Waals surface area contributed by atoms with Gasteiger partial charge < -0.3 is 14.8 Å². The maximum Gasteiger partial charge on any atom is 0.225 e. The van der Waals surface area contributed by atoms with Crippen molar-refractivity contribution < 1.29 is 14.0 Å². The highest BCUT2D eigenvalue weighted by Crippen LogP contribution is 2.33. The number of anilines is 1. The first-order valence-electron chi connectivity index (χ1n) is 9.91. The molecule has 148 valence electrons. The molecule has 0 radical (unpaired) electrons. The van der Waals surface area contributed by atoms with Gasteiger partial charge in [-0.1, -0.05) is 0 Å². The molecule has 1 saturated heterocycles. The van der Waals surface area contributed by atoms with Gasteiger partial charge in [0.1, 0.15) is 5.65 Å². The second-order valence-electron chi connectivity index (χ2n) is 7.72. The number of benzene rings is 1. The van der Waals surface area contributed by atoms with Crippen molar-refractivity contribution in [1.29, 1.82) is 0 Å². The summed E-state index contributed by atoms with van der Waals surface area (Å²) in [5.74, 6) is -0.111. The topological polar surface area (TPSA) is 69.3 Å². The Labute approximate surface area is 167 Å². The van der Waals surface area contributed by atoms with Crippen LogP contribution in [0, 0.1) is 11.7 Å². The summed E-state index contributed by atoms with van der Waals surface area (Å²) in [6.45, 7) is 2.23. The van der Waals surface area contributed by atoms with E-state index in [1.807, 2.05) is 34.2 Å². The lowest BCUT2D eigenvalue weighted by Crippen LogP contribution is -2.49. The molecule has 1 amide bonds. The van der Waals surface area contributed by atoms with E-state index in [-0.39, 0.29) is 17.4 Å². The number of aromatic nitrogens is 2. The minimum absolute atomic E-state index is 0.0161. The predicted octanol–water partition coefficient (Wildman–Crippen LogP) is 3.24. The molecule has 6 nitrogen and oxygen atoms in total. The van der Waals surface area contributed by atoms with Gasteiger partial charge >= 0.3 is 0 Å². The molecule has 2 fully saturated rings. The summed E-state index contributed by atoms with van der Waals surface area (Å²) in [7, 11) is 0. The molecule has 1 aliphatic carbocycles. The Morgan fingerprint density at radius 2 is 1.93 bits per heavy atom. The van der Waals surface area contributed by atoms with Crippen molar-refractivity contribution in [3.8, 4) is 11.3 Å². The molecule has 29 heavy (non-hydrogen) atoms. The van der Waals surface area contributed by atoms with Crippen LogP contribution in [0.3, 0.4) is 0 Å². The molecule has 1 saturated carbocycles. The highest BCUT2D eigenvalue weighted by Gasteiger charge is 2.35. The number of aldehydes is 1. The Bertz CT molecular complexity index is 1100. The summed E-state index contributed by atoms with van der Waals surface area (Å²) in [6, 6.07) is 9.03. The first-order chi connectivity index (χ1) is 14.1. The third-order valence-electron chi connectivity index (χ3n) is 5.77. The summed E-state index contributed by atoms with van der Waals surface area (Å²) in [4.78, 5) is 35.2. The summed E-state index contributed by atoms with van der Waals surface area (Å²) in [5.41, 5.74) is 2.51. The fourth-order valence-corrected chi connectivity index (χ4v) is 3.94. The molecule has 1 N–H and O–H groups in total. The number of nitrogens with zero attached hydrogens (tertiary/aromatic N) is 3. The van der Waals surface area contributed by atoms with Crippen LogP contribution in [0.5, 0.6) is 0 Å². The molecule has 0 atom stereocenters. The van der Waals surface area contributed by atoms with Gasteiger partial charge in [0.25, 0.3) is 0 Å². The van der Waals surface area contributed by atoms with Crippen molar-refractivity contribution in [3.05, 3.63) is 47.9 Å². The minimum Gasteiger partial charge on any atom is -0.366 e. The summed E-state index contributed by atoms with van der Waals surface area (Å²) in [5, 5.41) is 0.989. The third-order valence-corrected chi connectivity index (χ3v) is 5.77. The van der Waals surface area contributed by atoms with Gasteiger partial charge in [0.05, 0.1) is 16.9 Å². The summed E-state index contributed by atoms with van der Waals surface area (Å²) >= 11 is 0. The van der Waals surface area contributed by atoms with E-state index < -0.39 is 5.82 Å². The van der Waals surface area contributed by atoms with Gasteiger partial charge in [-0.25, -0.2) is 9.37 Å². The van der Waals surface area contributed by atoms with Crippen LogP contribution in [0.15, 0.2) is 36.5 Å². The number of halogens is 1. The summed E-state index contributed by atoms with van der Waals surface area (Å²) in [6.07, 6.45) is 4.33. The van der Waals surface area contributed by atoms with Crippen LogP contribution in [0.4, 0.5) is 10.1 Å². The van der Waals surface area contributed by atoms with Crippen LogP contribution < -0.4 is 4.90 Å². The Balaban J connectivity index is 1.45. The quantitative estimate of drug-likeness (QED) is 0.692. The van der Waals surface area contributed by atoms with E-state index in [9.17, 15) is 14.0 Å². The average molecular weight is 392 g/mol. The number of aromatic amines is 1. The van der Waals surface area contributed by atoms with Crippen LogP contribution in [-0.4, -0.2) is 53.2 Å². The number of rotatable bonds is 4. The zero-order valence-electron chi connectivity index (χ0n) is 15.9. The monoisotopic (exact) mass is 392 g/mol. The van der Waals surface area contributed by atoms with Crippen LogP contribution >= 0.6 is 0 Å². The molecular formula is C22H21FN4O2. The summed E-state index contributed by atoms with van der Waals surface area (Å²) < 4.78 is 15.0. The van der Waals surface area contributed by atoms with Crippen LogP contribution in [0.2, 0.25) is 0 Å². The smallest absolute Gasteiger partial charge is 0.225 e. The first kappa shape index (κ1) is 17.8. The number of H-pyrrole nitrogens is 1. The molecule has 1 aliphatic heterocycles.